The summed E-state index contributed by atoms with van der Waals surface area (Å²) in [5.74, 6) is 0.591. The van der Waals surface area contributed by atoms with E-state index in [2.05, 4.69) is 33.0 Å². The Balaban J connectivity index is 2.79. The first-order chi connectivity index (χ1) is 8.86. The summed E-state index contributed by atoms with van der Waals surface area (Å²) >= 11 is 6.11. The lowest BCUT2D eigenvalue weighted by Crippen LogP contribution is -2.44. The average Bonchev–Trinajstić information content (AvgIpc) is 2.33. The molecule has 4 heteroatoms. The minimum Gasteiger partial charge on any atom is -0.313 e. The molecule has 0 spiro atoms. The van der Waals surface area contributed by atoms with Crippen LogP contribution in [-0.4, -0.2) is 22.5 Å². The molecule has 0 aliphatic heterocycles. The summed E-state index contributed by atoms with van der Waals surface area (Å²) in [6.45, 7) is 9.60. The van der Waals surface area contributed by atoms with Crippen LogP contribution in [0.4, 0.5) is 0 Å². The highest BCUT2D eigenvalue weighted by molar-refractivity contribution is 7.85. The van der Waals surface area contributed by atoms with Gasteiger partial charge in [-0.2, -0.15) is 0 Å². The lowest BCUT2D eigenvalue weighted by Gasteiger charge is -2.31. The predicted octanol–water partition coefficient (Wildman–Crippen LogP) is 3.86. The van der Waals surface area contributed by atoms with Crippen molar-refractivity contribution >= 4 is 22.4 Å². The van der Waals surface area contributed by atoms with Crippen molar-refractivity contribution in [1.29, 1.82) is 0 Å². The second-order valence-corrected chi connectivity index (χ2v) is 7.69. The summed E-state index contributed by atoms with van der Waals surface area (Å²) in [5.41, 5.74) is 0.0755. The molecule has 1 aromatic rings. The Morgan fingerprint density at radius 3 is 2.47 bits per heavy atom. The normalized spacial score (nSPS) is 15.2. The Hall–Kier alpha value is -0.380. The number of hydrogen-bond donors (Lipinski definition) is 1. The zero-order chi connectivity index (χ0) is 14.5. The topological polar surface area (TPSA) is 29.1 Å². The van der Waals surface area contributed by atoms with E-state index in [0.29, 0.717) is 10.8 Å². The fourth-order valence-electron chi connectivity index (χ4n) is 1.80. The number of rotatable bonds is 6. The smallest absolute Gasteiger partial charge is 0.0574 e. The van der Waals surface area contributed by atoms with Crippen LogP contribution in [-0.2, 0) is 10.8 Å². The SMILES string of the molecule is CCCNC(CS(=O)c1ccccc1Cl)C(C)(C)C. The maximum Gasteiger partial charge on any atom is 0.0574 e. The fourth-order valence-corrected chi connectivity index (χ4v) is 3.81. The van der Waals surface area contributed by atoms with Crippen LogP contribution in [0.5, 0.6) is 0 Å². The highest BCUT2D eigenvalue weighted by Gasteiger charge is 2.26. The van der Waals surface area contributed by atoms with Crippen LogP contribution in [0.1, 0.15) is 34.1 Å². The lowest BCUT2D eigenvalue weighted by molar-refractivity contribution is 0.290. The first kappa shape index (κ1) is 16.7. The molecule has 0 radical (unpaired) electrons. The highest BCUT2D eigenvalue weighted by Crippen LogP contribution is 2.24. The molecule has 0 bridgehead atoms. The molecule has 0 heterocycles. The van der Waals surface area contributed by atoms with Gasteiger partial charge in [0.15, 0.2) is 0 Å². The van der Waals surface area contributed by atoms with E-state index in [0.717, 1.165) is 17.9 Å². The van der Waals surface area contributed by atoms with Gasteiger partial charge < -0.3 is 5.32 Å². The molecule has 1 aromatic carbocycles. The molecular weight excluding hydrogens is 278 g/mol. The number of benzene rings is 1. The summed E-state index contributed by atoms with van der Waals surface area (Å²) in [5, 5.41) is 4.08. The van der Waals surface area contributed by atoms with E-state index in [1.54, 1.807) is 6.07 Å². The Morgan fingerprint density at radius 1 is 1.32 bits per heavy atom. The van der Waals surface area contributed by atoms with Gasteiger partial charge in [-0.3, -0.25) is 4.21 Å². The van der Waals surface area contributed by atoms with Crippen LogP contribution < -0.4 is 5.32 Å². The van der Waals surface area contributed by atoms with E-state index in [4.69, 9.17) is 11.6 Å². The van der Waals surface area contributed by atoms with E-state index >= 15 is 0 Å². The van der Waals surface area contributed by atoms with E-state index < -0.39 is 10.8 Å². The zero-order valence-corrected chi connectivity index (χ0v) is 13.8. The van der Waals surface area contributed by atoms with Crippen molar-refractivity contribution in [2.75, 3.05) is 12.3 Å². The van der Waals surface area contributed by atoms with Gasteiger partial charge in [0, 0.05) is 11.8 Å². The molecule has 0 saturated carbocycles. The van der Waals surface area contributed by atoms with Crippen LogP contribution in [0.15, 0.2) is 29.2 Å². The van der Waals surface area contributed by atoms with Gasteiger partial charge in [-0.15, -0.1) is 0 Å². The predicted molar refractivity (Wildman–Crippen MR) is 84.3 cm³/mol. The largest absolute Gasteiger partial charge is 0.313 e. The van der Waals surface area contributed by atoms with E-state index in [1.807, 2.05) is 18.2 Å². The summed E-state index contributed by atoms with van der Waals surface area (Å²) in [6, 6.07) is 7.59. The van der Waals surface area contributed by atoms with Crippen molar-refractivity contribution < 1.29 is 4.21 Å². The third-order valence-corrected chi connectivity index (χ3v) is 5.01. The van der Waals surface area contributed by atoms with Gasteiger partial charge in [-0.05, 0) is 30.5 Å². The van der Waals surface area contributed by atoms with Crippen LogP contribution in [0.3, 0.4) is 0 Å². The molecule has 0 aliphatic rings. The molecule has 0 saturated heterocycles. The zero-order valence-electron chi connectivity index (χ0n) is 12.2. The molecule has 0 fully saturated rings. The van der Waals surface area contributed by atoms with Crippen molar-refractivity contribution in [3.8, 4) is 0 Å². The van der Waals surface area contributed by atoms with E-state index in [9.17, 15) is 4.21 Å². The van der Waals surface area contributed by atoms with E-state index in [-0.39, 0.29) is 11.5 Å². The second kappa shape index (κ2) is 7.41. The molecule has 1 rings (SSSR count). The quantitative estimate of drug-likeness (QED) is 0.864. The minimum atomic E-state index is -1.07. The molecule has 1 N–H and O–H groups in total. The van der Waals surface area contributed by atoms with E-state index in [1.165, 1.54) is 0 Å². The maximum absolute atomic E-state index is 12.5. The van der Waals surface area contributed by atoms with Crippen molar-refractivity contribution in [2.24, 2.45) is 5.41 Å². The summed E-state index contributed by atoms with van der Waals surface area (Å²) in [7, 11) is -1.07. The highest BCUT2D eigenvalue weighted by atomic mass is 35.5. The molecule has 0 aromatic heterocycles. The van der Waals surface area contributed by atoms with Crippen LogP contribution in [0, 0.1) is 5.41 Å². The molecule has 0 amide bonds. The van der Waals surface area contributed by atoms with Crippen LogP contribution in [0.25, 0.3) is 0 Å². The molecule has 108 valence electrons. The maximum atomic E-state index is 12.5. The number of halogens is 1. The number of hydrogen-bond acceptors (Lipinski definition) is 2. The monoisotopic (exact) mass is 301 g/mol. The first-order valence-electron chi connectivity index (χ1n) is 6.72. The average molecular weight is 302 g/mol. The molecule has 2 nitrogen and oxygen atoms in total. The lowest BCUT2D eigenvalue weighted by atomic mass is 9.88. The van der Waals surface area contributed by atoms with Gasteiger partial charge in [0.1, 0.15) is 0 Å². The van der Waals surface area contributed by atoms with Crippen molar-refractivity contribution in [3.63, 3.8) is 0 Å². The second-order valence-electron chi connectivity index (χ2n) is 5.82. The van der Waals surface area contributed by atoms with Crippen molar-refractivity contribution in [2.45, 2.75) is 45.1 Å². The summed E-state index contributed by atoms with van der Waals surface area (Å²) in [4.78, 5) is 0.733. The third kappa shape index (κ3) is 5.25. The van der Waals surface area contributed by atoms with Gasteiger partial charge in [0.2, 0.25) is 0 Å². The van der Waals surface area contributed by atoms with Gasteiger partial charge in [-0.1, -0.05) is 51.4 Å². The molecule has 2 atom stereocenters. The Kier molecular flexibility index (Phi) is 6.51. The number of nitrogens with one attached hydrogen (secondary N) is 1. The van der Waals surface area contributed by atoms with Crippen LogP contribution >= 0.6 is 11.6 Å². The Morgan fingerprint density at radius 2 is 1.95 bits per heavy atom. The standard InChI is InChI=1S/C15H24ClNOS/c1-5-10-17-14(15(2,3)4)11-19(18)13-9-7-6-8-12(13)16/h6-9,14,17H,5,10-11H2,1-4H3. The van der Waals surface area contributed by atoms with Gasteiger partial charge in [-0.25, -0.2) is 0 Å². The van der Waals surface area contributed by atoms with Crippen molar-refractivity contribution in [1.82, 2.24) is 5.32 Å². The Labute approximate surface area is 124 Å². The van der Waals surface area contributed by atoms with Gasteiger partial charge in [0.25, 0.3) is 0 Å². The molecule has 0 aliphatic carbocycles. The molecular formula is C15H24ClNOS. The Bertz CT molecular complexity index is 428. The molecule has 2 unspecified atom stereocenters. The molecule has 19 heavy (non-hydrogen) atoms. The summed E-state index contributed by atoms with van der Waals surface area (Å²) in [6.07, 6.45) is 1.07. The minimum absolute atomic E-state index is 0.0755. The van der Waals surface area contributed by atoms with Crippen molar-refractivity contribution in [3.05, 3.63) is 29.3 Å². The van der Waals surface area contributed by atoms with Gasteiger partial charge >= 0.3 is 0 Å². The van der Waals surface area contributed by atoms with Crippen LogP contribution in [0.2, 0.25) is 5.02 Å². The fraction of sp³-hybridized carbons (Fsp3) is 0.600. The third-order valence-electron chi connectivity index (χ3n) is 3.09. The van der Waals surface area contributed by atoms with Gasteiger partial charge in [0.05, 0.1) is 20.7 Å². The first-order valence-corrected chi connectivity index (χ1v) is 8.42. The summed E-state index contributed by atoms with van der Waals surface area (Å²) < 4.78 is 12.5.